The van der Waals surface area contributed by atoms with Gasteiger partial charge in [0.1, 0.15) is 5.75 Å². The normalized spacial score (nSPS) is 11.5. The Morgan fingerprint density at radius 3 is 2.59 bits per heavy atom. The van der Waals surface area contributed by atoms with Crippen LogP contribution in [0.2, 0.25) is 0 Å². The van der Waals surface area contributed by atoms with E-state index in [9.17, 15) is 13.2 Å². The zero-order valence-corrected chi connectivity index (χ0v) is 13.9. The van der Waals surface area contributed by atoms with Crippen molar-refractivity contribution in [2.24, 2.45) is 0 Å². The fourth-order valence-corrected chi connectivity index (χ4v) is 2.47. The molecule has 0 spiro atoms. The molecule has 0 heterocycles. The standard InChI is InChI=1S/C15H22N2O4S/c1-5-10-17(22(4,19)20)11-15(18)16-13-8-6-7-9-14(13)21-12(2)3/h5-9,12H,1,10-11H2,2-4H3,(H,16,18). The minimum Gasteiger partial charge on any atom is -0.489 e. The predicted molar refractivity (Wildman–Crippen MR) is 87.4 cm³/mol. The molecule has 0 aliphatic carbocycles. The summed E-state index contributed by atoms with van der Waals surface area (Å²) in [5.41, 5.74) is 0.508. The molecule has 0 aliphatic heterocycles. The molecule has 1 rings (SSSR count). The summed E-state index contributed by atoms with van der Waals surface area (Å²) in [5.74, 6) is 0.104. The lowest BCUT2D eigenvalue weighted by atomic mass is 10.3. The zero-order chi connectivity index (χ0) is 16.8. The van der Waals surface area contributed by atoms with Gasteiger partial charge in [0.2, 0.25) is 15.9 Å². The van der Waals surface area contributed by atoms with Gasteiger partial charge in [-0.15, -0.1) is 6.58 Å². The maximum Gasteiger partial charge on any atom is 0.239 e. The molecule has 6 nitrogen and oxygen atoms in total. The molecule has 1 aromatic rings. The quantitative estimate of drug-likeness (QED) is 0.740. The molecule has 0 fully saturated rings. The Kier molecular flexibility index (Phi) is 6.58. The van der Waals surface area contributed by atoms with E-state index in [-0.39, 0.29) is 19.2 Å². The van der Waals surface area contributed by atoms with E-state index in [2.05, 4.69) is 11.9 Å². The van der Waals surface area contributed by atoms with Gasteiger partial charge < -0.3 is 10.1 Å². The van der Waals surface area contributed by atoms with E-state index in [1.165, 1.54) is 6.08 Å². The van der Waals surface area contributed by atoms with Crippen LogP contribution in [0, 0.1) is 0 Å². The minimum absolute atomic E-state index is 0.0358. The van der Waals surface area contributed by atoms with Gasteiger partial charge in [0.05, 0.1) is 24.6 Å². The number of hydrogen-bond donors (Lipinski definition) is 1. The molecule has 0 unspecified atom stereocenters. The molecule has 1 aromatic carbocycles. The Balaban J connectivity index is 2.82. The number of rotatable bonds is 8. The van der Waals surface area contributed by atoms with Crippen molar-refractivity contribution in [2.45, 2.75) is 20.0 Å². The number of amides is 1. The van der Waals surface area contributed by atoms with E-state index >= 15 is 0 Å². The van der Waals surface area contributed by atoms with Crippen LogP contribution in [0.5, 0.6) is 5.75 Å². The first kappa shape index (κ1) is 18.2. The van der Waals surface area contributed by atoms with Gasteiger partial charge in [0.15, 0.2) is 0 Å². The number of para-hydroxylation sites is 2. The molecule has 0 atom stereocenters. The molecule has 1 N–H and O–H groups in total. The topological polar surface area (TPSA) is 75.7 Å². The number of sulfonamides is 1. The number of hydrogen-bond acceptors (Lipinski definition) is 4. The van der Waals surface area contributed by atoms with Crippen LogP contribution in [0.15, 0.2) is 36.9 Å². The summed E-state index contributed by atoms with van der Waals surface area (Å²) in [4.78, 5) is 12.1. The number of benzene rings is 1. The Labute approximate surface area is 131 Å². The first-order valence-electron chi connectivity index (χ1n) is 6.85. The maximum absolute atomic E-state index is 12.1. The van der Waals surface area contributed by atoms with Crippen LogP contribution >= 0.6 is 0 Å². The Bertz CT molecular complexity index is 626. The smallest absolute Gasteiger partial charge is 0.239 e. The lowest BCUT2D eigenvalue weighted by Crippen LogP contribution is -2.37. The summed E-state index contributed by atoms with van der Waals surface area (Å²) in [5, 5.41) is 2.67. The van der Waals surface area contributed by atoms with Crippen LogP contribution in [0.4, 0.5) is 5.69 Å². The van der Waals surface area contributed by atoms with Crippen molar-refractivity contribution < 1.29 is 17.9 Å². The van der Waals surface area contributed by atoms with Gasteiger partial charge in [0, 0.05) is 6.54 Å². The summed E-state index contributed by atoms with van der Waals surface area (Å²) in [7, 11) is -3.47. The Morgan fingerprint density at radius 1 is 1.41 bits per heavy atom. The third-order valence-corrected chi connectivity index (χ3v) is 3.86. The minimum atomic E-state index is -3.47. The highest BCUT2D eigenvalue weighted by Crippen LogP contribution is 2.24. The van der Waals surface area contributed by atoms with Crippen molar-refractivity contribution >= 4 is 21.6 Å². The van der Waals surface area contributed by atoms with Gasteiger partial charge >= 0.3 is 0 Å². The molecular weight excluding hydrogens is 304 g/mol. The molecule has 1 amide bonds. The Hall–Kier alpha value is -1.86. The van der Waals surface area contributed by atoms with Crippen molar-refractivity contribution in [3.05, 3.63) is 36.9 Å². The van der Waals surface area contributed by atoms with Gasteiger partial charge in [-0.1, -0.05) is 18.2 Å². The second-order valence-corrected chi connectivity index (χ2v) is 7.04. The van der Waals surface area contributed by atoms with Crippen LogP contribution < -0.4 is 10.1 Å². The van der Waals surface area contributed by atoms with E-state index in [0.29, 0.717) is 11.4 Å². The highest BCUT2D eigenvalue weighted by Gasteiger charge is 2.19. The van der Waals surface area contributed by atoms with Crippen molar-refractivity contribution in [3.8, 4) is 5.75 Å². The fraction of sp³-hybridized carbons (Fsp3) is 0.400. The highest BCUT2D eigenvalue weighted by atomic mass is 32.2. The van der Waals surface area contributed by atoms with Gasteiger partial charge in [-0.25, -0.2) is 8.42 Å². The van der Waals surface area contributed by atoms with Crippen LogP contribution in [-0.4, -0.2) is 44.1 Å². The summed E-state index contributed by atoms with van der Waals surface area (Å²) < 4.78 is 29.8. The van der Waals surface area contributed by atoms with Crippen molar-refractivity contribution in [3.63, 3.8) is 0 Å². The number of ether oxygens (including phenoxy) is 1. The second-order valence-electron chi connectivity index (χ2n) is 5.06. The summed E-state index contributed by atoms with van der Waals surface area (Å²) >= 11 is 0. The third-order valence-electron chi connectivity index (χ3n) is 2.65. The average Bonchev–Trinajstić information content (AvgIpc) is 2.39. The summed E-state index contributed by atoms with van der Waals surface area (Å²) in [6.07, 6.45) is 2.45. The number of anilines is 1. The number of nitrogens with zero attached hydrogens (tertiary/aromatic N) is 1. The number of carbonyl (C=O) groups excluding carboxylic acids is 1. The highest BCUT2D eigenvalue weighted by molar-refractivity contribution is 7.88. The van der Waals surface area contributed by atoms with Crippen molar-refractivity contribution in [2.75, 3.05) is 24.7 Å². The fourth-order valence-electron chi connectivity index (χ4n) is 1.74. The largest absolute Gasteiger partial charge is 0.489 e. The van der Waals surface area contributed by atoms with Crippen molar-refractivity contribution in [1.82, 2.24) is 4.31 Å². The van der Waals surface area contributed by atoms with E-state index < -0.39 is 15.9 Å². The van der Waals surface area contributed by atoms with E-state index in [4.69, 9.17) is 4.74 Å². The van der Waals surface area contributed by atoms with E-state index in [0.717, 1.165) is 10.6 Å². The molecule has 122 valence electrons. The van der Waals surface area contributed by atoms with Crippen LogP contribution in [0.25, 0.3) is 0 Å². The zero-order valence-electron chi connectivity index (χ0n) is 13.1. The van der Waals surface area contributed by atoms with Crippen LogP contribution in [0.1, 0.15) is 13.8 Å². The first-order chi connectivity index (χ1) is 10.2. The molecule has 0 aliphatic rings. The van der Waals surface area contributed by atoms with E-state index in [1.807, 2.05) is 13.8 Å². The molecule has 7 heteroatoms. The molecule has 0 saturated carbocycles. The first-order valence-corrected chi connectivity index (χ1v) is 8.70. The molecule has 0 saturated heterocycles. The SMILES string of the molecule is C=CCN(CC(=O)Nc1ccccc1OC(C)C)S(C)(=O)=O. The molecular formula is C15H22N2O4S. The van der Waals surface area contributed by atoms with Crippen molar-refractivity contribution in [1.29, 1.82) is 0 Å². The monoisotopic (exact) mass is 326 g/mol. The predicted octanol–water partition coefficient (Wildman–Crippen LogP) is 1.86. The van der Waals surface area contributed by atoms with Crippen LogP contribution in [0.3, 0.4) is 0 Å². The third kappa shape index (κ3) is 5.87. The molecule has 0 aromatic heterocycles. The summed E-state index contributed by atoms with van der Waals surface area (Å²) in [6, 6.07) is 7.01. The molecule has 0 radical (unpaired) electrons. The lowest BCUT2D eigenvalue weighted by molar-refractivity contribution is -0.116. The second kappa shape index (κ2) is 7.95. The number of carbonyl (C=O) groups is 1. The maximum atomic E-state index is 12.1. The van der Waals surface area contributed by atoms with Crippen LogP contribution in [-0.2, 0) is 14.8 Å². The van der Waals surface area contributed by atoms with Gasteiger partial charge in [-0.2, -0.15) is 4.31 Å². The van der Waals surface area contributed by atoms with Gasteiger partial charge in [-0.05, 0) is 26.0 Å². The summed E-state index contributed by atoms with van der Waals surface area (Å²) in [6.45, 7) is 7.06. The Morgan fingerprint density at radius 2 is 2.05 bits per heavy atom. The van der Waals surface area contributed by atoms with E-state index in [1.54, 1.807) is 24.3 Å². The molecule has 0 bridgehead atoms. The molecule has 22 heavy (non-hydrogen) atoms. The van der Waals surface area contributed by atoms with Gasteiger partial charge in [0.25, 0.3) is 0 Å². The average molecular weight is 326 g/mol. The lowest BCUT2D eigenvalue weighted by Gasteiger charge is -2.19. The number of nitrogens with one attached hydrogen (secondary N) is 1. The van der Waals surface area contributed by atoms with Gasteiger partial charge in [-0.3, -0.25) is 4.79 Å².